The number of nitrogens with two attached hydrogens (primary N) is 1. The quantitative estimate of drug-likeness (QED) is 0.693. The first kappa shape index (κ1) is 14.8. The maximum Gasteiger partial charge on any atom is 0.230 e. The molecule has 5 heteroatoms. The number of amides is 1. The van der Waals surface area contributed by atoms with Gasteiger partial charge in [0.2, 0.25) is 5.91 Å². The van der Waals surface area contributed by atoms with Crippen LogP contribution in [0.5, 0.6) is 0 Å². The molecule has 110 valence electrons. The Morgan fingerprint density at radius 2 is 2.11 bits per heavy atom. The van der Waals surface area contributed by atoms with E-state index in [1.165, 1.54) is 0 Å². The summed E-state index contributed by atoms with van der Waals surface area (Å²) in [6.45, 7) is 5.13. The number of carbonyl (C=O) groups is 1. The highest BCUT2D eigenvalue weighted by Crippen LogP contribution is 2.32. The van der Waals surface area contributed by atoms with Crippen molar-refractivity contribution in [3.63, 3.8) is 0 Å². The van der Waals surface area contributed by atoms with Crippen LogP contribution in [-0.2, 0) is 9.53 Å². The summed E-state index contributed by atoms with van der Waals surface area (Å²) in [6.07, 6.45) is 3.56. The van der Waals surface area contributed by atoms with Gasteiger partial charge in [-0.2, -0.15) is 0 Å². The maximum atomic E-state index is 12.2. The summed E-state index contributed by atoms with van der Waals surface area (Å²) < 4.78 is 5.28. The maximum absolute atomic E-state index is 12.2. The fraction of sp³-hybridized carbons (Fsp3) is 0.929. The molecule has 1 saturated heterocycles. The summed E-state index contributed by atoms with van der Waals surface area (Å²) in [5, 5.41) is 13.3. The fourth-order valence-electron chi connectivity index (χ4n) is 2.85. The van der Waals surface area contributed by atoms with Crippen LogP contribution in [0.4, 0.5) is 0 Å². The highest BCUT2D eigenvalue weighted by Gasteiger charge is 2.45. The largest absolute Gasteiger partial charge is 0.388 e. The van der Waals surface area contributed by atoms with E-state index < -0.39 is 11.0 Å². The molecule has 1 aliphatic carbocycles. The monoisotopic (exact) mass is 270 g/mol. The lowest BCUT2D eigenvalue weighted by Gasteiger charge is -2.36. The minimum absolute atomic E-state index is 0.107. The number of nitrogens with one attached hydrogen (secondary N) is 1. The van der Waals surface area contributed by atoms with Crippen molar-refractivity contribution < 1.29 is 14.6 Å². The van der Waals surface area contributed by atoms with Crippen LogP contribution >= 0.6 is 0 Å². The van der Waals surface area contributed by atoms with Crippen LogP contribution in [0.3, 0.4) is 0 Å². The van der Waals surface area contributed by atoms with Crippen LogP contribution in [0.25, 0.3) is 0 Å². The molecule has 1 amide bonds. The summed E-state index contributed by atoms with van der Waals surface area (Å²) in [5.74, 6) is 0.565. The predicted molar refractivity (Wildman–Crippen MR) is 72.5 cm³/mol. The second-order valence-electron chi connectivity index (χ2n) is 6.63. The molecule has 19 heavy (non-hydrogen) atoms. The van der Waals surface area contributed by atoms with E-state index in [1.54, 1.807) is 0 Å². The summed E-state index contributed by atoms with van der Waals surface area (Å²) in [7, 11) is 0. The first-order valence-corrected chi connectivity index (χ1v) is 7.20. The van der Waals surface area contributed by atoms with Crippen LogP contribution < -0.4 is 11.1 Å². The van der Waals surface area contributed by atoms with Crippen molar-refractivity contribution in [2.45, 2.75) is 51.2 Å². The van der Waals surface area contributed by atoms with Crippen molar-refractivity contribution in [3.05, 3.63) is 0 Å². The highest BCUT2D eigenvalue weighted by atomic mass is 16.5. The smallest absolute Gasteiger partial charge is 0.230 e. The number of hydrogen-bond acceptors (Lipinski definition) is 4. The number of hydrogen-bond donors (Lipinski definition) is 3. The molecule has 1 saturated carbocycles. The van der Waals surface area contributed by atoms with Gasteiger partial charge in [-0.3, -0.25) is 4.79 Å². The van der Waals surface area contributed by atoms with E-state index in [4.69, 9.17) is 10.5 Å². The van der Waals surface area contributed by atoms with Crippen molar-refractivity contribution in [2.75, 3.05) is 19.8 Å². The summed E-state index contributed by atoms with van der Waals surface area (Å²) in [4.78, 5) is 12.2. The van der Waals surface area contributed by atoms with E-state index in [0.29, 0.717) is 25.7 Å². The van der Waals surface area contributed by atoms with Gasteiger partial charge < -0.3 is 20.9 Å². The van der Waals surface area contributed by atoms with Gasteiger partial charge in [0.25, 0.3) is 0 Å². The number of rotatable bonds is 3. The average molecular weight is 270 g/mol. The second kappa shape index (κ2) is 5.38. The SMILES string of the molecule is CC1CCC(O)(CNC(=O)C2(C)COCC2N)CC1. The minimum atomic E-state index is -0.748. The molecule has 1 heterocycles. The van der Waals surface area contributed by atoms with Crippen molar-refractivity contribution >= 4 is 5.91 Å². The van der Waals surface area contributed by atoms with Crippen LogP contribution in [-0.4, -0.2) is 42.4 Å². The van der Waals surface area contributed by atoms with Crippen LogP contribution in [0.2, 0.25) is 0 Å². The third-order valence-corrected chi connectivity index (χ3v) is 4.82. The first-order chi connectivity index (χ1) is 8.86. The third kappa shape index (κ3) is 3.09. The van der Waals surface area contributed by atoms with Crippen LogP contribution in [0.1, 0.15) is 39.5 Å². The molecule has 1 aliphatic heterocycles. The topological polar surface area (TPSA) is 84.6 Å². The molecule has 2 unspecified atom stereocenters. The second-order valence-corrected chi connectivity index (χ2v) is 6.63. The predicted octanol–water partition coefficient (Wildman–Crippen LogP) is 0.408. The Morgan fingerprint density at radius 1 is 1.47 bits per heavy atom. The molecule has 0 aromatic heterocycles. The molecule has 2 fully saturated rings. The number of ether oxygens (including phenoxy) is 1. The van der Waals surface area contributed by atoms with E-state index >= 15 is 0 Å². The van der Waals surface area contributed by atoms with E-state index in [1.807, 2.05) is 6.92 Å². The van der Waals surface area contributed by atoms with E-state index in [-0.39, 0.29) is 11.9 Å². The van der Waals surface area contributed by atoms with Crippen molar-refractivity contribution in [1.29, 1.82) is 0 Å². The van der Waals surface area contributed by atoms with Crippen LogP contribution in [0.15, 0.2) is 0 Å². The molecular formula is C14H26N2O3. The summed E-state index contributed by atoms with van der Waals surface area (Å²) >= 11 is 0. The van der Waals surface area contributed by atoms with Gasteiger partial charge in [-0.05, 0) is 38.5 Å². The van der Waals surface area contributed by atoms with Crippen molar-refractivity contribution in [3.8, 4) is 0 Å². The van der Waals surface area contributed by atoms with Gasteiger partial charge in [0.1, 0.15) is 0 Å². The zero-order valence-corrected chi connectivity index (χ0v) is 11.9. The molecule has 0 spiro atoms. The van der Waals surface area contributed by atoms with Crippen molar-refractivity contribution in [1.82, 2.24) is 5.32 Å². The van der Waals surface area contributed by atoms with E-state index in [2.05, 4.69) is 12.2 Å². The molecular weight excluding hydrogens is 244 g/mol. The molecule has 4 N–H and O–H groups in total. The normalized spacial score (nSPS) is 43.2. The molecule has 0 aromatic carbocycles. The van der Waals surface area contributed by atoms with E-state index in [9.17, 15) is 9.90 Å². The van der Waals surface area contributed by atoms with Gasteiger partial charge in [-0.15, -0.1) is 0 Å². The van der Waals surface area contributed by atoms with Crippen LogP contribution in [0, 0.1) is 11.3 Å². The van der Waals surface area contributed by atoms with Crippen molar-refractivity contribution in [2.24, 2.45) is 17.1 Å². The zero-order valence-electron chi connectivity index (χ0n) is 11.9. The average Bonchev–Trinajstić information content (AvgIpc) is 2.72. The van der Waals surface area contributed by atoms with Gasteiger partial charge in [0, 0.05) is 12.6 Å². The minimum Gasteiger partial charge on any atom is -0.388 e. The molecule has 2 rings (SSSR count). The Bertz CT molecular complexity index is 340. The lowest BCUT2D eigenvalue weighted by atomic mass is 9.79. The Labute approximate surface area is 114 Å². The van der Waals surface area contributed by atoms with Gasteiger partial charge >= 0.3 is 0 Å². The Morgan fingerprint density at radius 3 is 2.63 bits per heavy atom. The highest BCUT2D eigenvalue weighted by molar-refractivity contribution is 5.83. The molecule has 0 radical (unpaired) electrons. The fourth-order valence-corrected chi connectivity index (χ4v) is 2.85. The van der Waals surface area contributed by atoms with Gasteiger partial charge in [0.15, 0.2) is 0 Å². The lowest BCUT2D eigenvalue weighted by molar-refractivity contribution is -0.132. The number of carbonyl (C=O) groups excluding carboxylic acids is 1. The van der Waals surface area contributed by atoms with E-state index in [0.717, 1.165) is 25.7 Å². The molecule has 0 bridgehead atoms. The third-order valence-electron chi connectivity index (χ3n) is 4.82. The summed E-state index contributed by atoms with van der Waals surface area (Å²) in [5.41, 5.74) is 4.51. The first-order valence-electron chi connectivity index (χ1n) is 7.20. The van der Waals surface area contributed by atoms with Gasteiger partial charge in [-0.1, -0.05) is 6.92 Å². The molecule has 0 aromatic rings. The lowest BCUT2D eigenvalue weighted by Crippen LogP contribution is -2.53. The molecule has 2 atom stereocenters. The summed E-state index contributed by atoms with van der Waals surface area (Å²) in [6, 6.07) is -0.270. The molecule has 2 aliphatic rings. The Balaban J connectivity index is 1.86. The zero-order chi connectivity index (χ0) is 14.1. The number of aliphatic hydroxyl groups is 1. The molecule has 5 nitrogen and oxygen atoms in total. The van der Waals surface area contributed by atoms with Gasteiger partial charge in [-0.25, -0.2) is 0 Å². The Hall–Kier alpha value is -0.650. The Kier molecular flexibility index (Phi) is 4.18. The standard InChI is InChI=1S/C14H26N2O3/c1-10-3-5-14(18,6-4-10)8-16-12(17)13(2)9-19-7-11(13)15/h10-11,18H,3-9,15H2,1-2H3,(H,16,17). The van der Waals surface area contributed by atoms with Gasteiger partial charge in [0.05, 0.1) is 24.2 Å².